The Balaban J connectivity index is 0.00000128. The minimum Gasteiger partial charge on any atom is -1.00 e. The van der Waals surface area contributed by atoms with E-state index in [1.165, 1.54) is 12.8 Å². The van der Waals surface area contributed by atoms with Gasteiger partial charge in [0.25, 0.3) is 0 Å². The second kappa shape index (κ2) is 5.64. The molecule has 0 radical (unpaired) electrons. The van der Waals surface area contributed by atoms with Crippen molar-refractivity contribution in [3.8, 4) is 0 Å². The Morgan fingerprint density at radius 3 is 1.31 bits per heavy atom. The standard InChI is InChI=1S/2C7H9.ClH.Sc/c2*1-2-7-5-3-4-6-7;;/h2*3-6H,2H2,1H3;1H;/q;;;+1/p-1. The van der Waals surface area contributed by atoms with Crippen molar-refractivity contribution in [3.63, 3.8) is 0 Å². The van der Waals surface area contributed by atoms with Gasteiger partial charge in [-0.05, 0) is 0 Å². The van der Waals surface area contributed by atoms with Crippen molar-refractivity contribution >= 4 is 0 Å². The summed E-state index contributed by atoms with van der Waals surface area (Å²) >= 11 is -0.373. The van der Waals surface area contributed by atoms with Crippen molar-refractivity contribution in [3.05, 3.63) is 48.6 Å². The Morgan fingerprint density at radius 1 is 0.750 bits per heavy atom. The Hall–Kier alpha value is 0.120. The maximum Gasteiger partial charge on any atom is -1.00 e. The zero-order chi connectivity index (χ0) is 10.8. The molecule has 0 spiro atoms. The molecule has 0 aromatic heterocycles. The van der Waals surface area contributed by atoms with Gasteiger partial charge in [0.1, 0.15) is 0 Å². The number of rotatable bonds is 4. The molecule has 2 rings (SSSR count). The third-order valence-electron chi connectivity index (χ3n) is 3.61. The normalized spacial score (nSPS) is 22.1. The van der Waals surface area contributed by atoms with Crippen molar-refractivity contribution in [1.29, 1.82) is 0 Å². The molecule has 0 saturated carbocycles. The van der Waals surface area contributed by atoms with Crippen LogP contribution in [0.2, 0.25) is 6.34 Å². The van der Waals surface area contributed by atoms with Gasteiger partial charge in [-0.15, -0.1) is 0 Å². The summed E-state index contributed by atoms with van der Waals surface area (Å²) in [6.07, 6.45) is 21.2. The molecule has 0 aromatic carbocycles. The zero-order valence-electron chi connectivity index (χ0n) is 9.99. The molecule has 0 nitrogen and oxygen atoms in total. The Morgan fingerprint density at radius 2 is 1.06 bits per heavy atom. The fourth-order valence-corrected chi connectivity index (χ4v) is 5.91. The molecule has 2 aliphatic rings. The van der Waals surface area contributed by atoms with Crippen molar-refractivity contribution in [2.24, 2.45) is 0 Å². The molecule has 0 bridgehead atoms. The van der Waals surface area contributed by atoms with E-state index in [1.54, 1.807) is 0 Å². The molecule has 0 amide bonds. The maximum absolute atomic E-state index is 2.43. The monoisotopic (exact) mass is 266 g/mol. The predicted octanol–water partition coefficient (Wildman–Crippen LogP) is 1.46. The van der Waals surface area contributed by atoms with Crippen LogP contribution in [0.5, 0.6) is 0 Å². The van der Waals surface area contributed by atoms with E-state index in [9.17, 15) is 0 Å². The van der Waals surface area contributed by atoms with Crippen LogP contribution in [0.3, 0.4) is 0 Å². The molecule has 0 fully saturated rings. The van der Waals surface area contributed by atoms with E-state index in [0.717, 1.165) is 0 Å². The number of hydrogen-bond donors (Lipinski definition) is 0. The first-order chi connectivity index (χ1) is 7.24. The summed E-state index contributed by atoms with van der Waals surface area (Å²) in [6, 6.07) is 0. The summed E-state index contributed by atoms with van der Waals surface area (Å²) in [6.45, 7) is 4.65. The van der Waals surface area contributed by atoms with E-state index in [4.69, 9.17) is 0 Å². The van der Waals surface area contributed by atoms with Crippen LogP contribution in [0.4, 0.5) is 0 Å². The summed E-state index contributed by atoms with van der Waals surface area (Å²) in [5, 5.41) is 0. The number of halogens is 1. The smallest absolute Gasteiger partial charge is 1.00 e. The van der Waals surface area contributed by atoms with Crippen LogP contribution in [-0.2, 0) is 22.9 Å². The quantitative estimate of drug-likeness (QED) is 0.723. The van der Waals surface area contributed by atoms with Crippen molar-refractivity contribution < 1.29 is 35.3 Å². The van der Waals surface area contributed by atoms with Crippen molar-refractivity contribution in [2.75, 3.05) is 0 Å². The molecule has 16 heavy (non-hydrogen) atoms. The van der Waals surface area contributed by atoms with Gasteiger partial charge in [0.15, 0.2) is 0 Å². The molecule has 0 unspecified atom stereocenters. The topological polar surface area (TPSA) is 0 Å². The van der Waals surface area contributed by atoms with Gasteiger partial charge in [-0.25, -0.2) is 0 Å². The second-order valence-corrected chi connectivity index (χ2v) is 8.32. The molecule has 2 heteroatoms. The zero-order valence-corrected chi connectivity index (χ0v) is 12.5. The summed E-state index contributed by atoms with van der Waals surface area (Å²) in [5.41, 5.74) is 0. The molecule has 0 saturated heterocycles. The fourth-order valence-electron chi connectivity index (χ4n) is 2.42. The first kappa shape index (κ1) is 14.2. The SMILES string of the molecule is CC[C]1([Sc+][C]2(CC)C=CC=C2)C=CC=C1.[Cl-]. The van der Waals surface area contributed by atoms with Gasteiger partial charge < -0.3 is 12.4 Å². The van der Waals surface area contributed by atoms with Crippen LogP contribution in [0.15, 0.2) is 48.6 Å². The summed E-state index contributed by atoms with van der Waals surface area (Å²) in [5.74, 6) is 0. The Labute approximate surface area is 116 Å². The van der Waals surface area contributed by atoms with Gasteiger partial charge in [0.2, 0.25) is 0 Å². The van der Waals surface area contributed by atoms with Gasteiger partial charge in [-0.3, -0.25) is 0 Å². The van der Waals surface area contributed by atoms with E-state index in [2.05, 4.69) is 62.5 Å². The minimum atomic E-state index is -0.373. The molecule has 84 valence electrons. The van der Waals surface area contributed by atoms with Gasteiger partial charge in [-0.1, -0.05) is 0 Å². The maximum atomic E-state index is 2.43. The first-order valence-electron chi connectivity index (χ1n) is 5.85. The third-order valence-corrected chi connectivity index (χ3v) is 7.77. The molecule has 0 heterocycles. The van der Waals surface area contributed by atoms with E-state index in [0.29, 0.717) is 6.34 Å². The molecule has 0 aromatic rings. The average Bonchev–Trinajstić information content (AvgIpc) is 2.89. The molecule has 0 N–H and O–H groups in total. The van der Waals surface area contributed by atoms with E-state index < -0.39 is 0 Å². The molecule has 0 aliphatic heterocycles. The number of hydrogen-bond acceptors (Lipinski definition) is 0. The van der Waals surface area contributed by atoms with Crippen molar-refractivity contribution in [1.82, 2.24) is 0 Å². The van der Waals surface area contributed by atoms with Gasteiger partial charge in [0, 0.05) is 0 Å². The Bertz CT molecular complexity index is 292. The van der Waals surface area contributed by atoms with E-state index >= 15 is 0 Å². The minimum absolute atomic E-state index is 0. The van der Waals surface area contributed by atoms with Crippen LogP contribution in [-0.4, -0.2) is 0 Å². The fraction of sp³-hybridized carbons (Fsp3) is 0.429. The average molecular weight is 267 g/mol. The molecular weight excluding hydrogens is 249 g/mol. The van der Waals surface area contributed by atoms with Gasteiger partial charge in [-0.2, -0.15) is 0 Å². The first-order valence-corrected chi connectivity index (χ1v) is 7.66. The van der Waals surface area contributed by atoms with Gasteiger partial charge >= 0.3 is 105 Å². The van der Waals surface area contributed by atoms with E-state index in [-0.39, 0.29) is 35.3 Å². The van der Waals surface area contributed by atoms with E-state index in [1.807, 2.05) is 0 Å². The summed E-state index contributed by atoms with van der Waals surface area (Å²) in [7, 11) is 0. The van der Waals surface area contributed by atoms with Gasteiger partial charge in [0.05, 0.1) is 0 Å². The predicted molar refractivity (Wildman–Crippen MR) is 62.5 cm³/mol. The van der Waals surface area contributed by atoms with Crippen LogP contribution >= 0.6 is 0 Å². The number of allylic oxidation sites excluding steroid dienone is 8. The third kappa shape index (κ3) is 2.68. The van der Waals surface area contributed by atoms with Crippen LogP contribution in [0, 0.1) is 0 Å². The van der Waals surface area contributed by atoms with Crippen LogP contribution in [0.25, 0.3) is 0 Å². The molecule has 2 aliphatic carbocycles. The largest absolute Gasteiger partial charge is 1.00 e. The summed E-state index contributed by atoms with van der Waals surface area (Å²) < 4.78 is 0.914. The van der Waals surface area contributed by atoms with Crippen LogP contribution in [0.1, 0.15) is 26.7 Å². The summed E-state index contributed by atoms with van der Waals surface area (Å²) in [4.78, 5) is 0. The molecular formula is C14H18ClSc. The van der Waals surface area contributed by atoms with Crippen LogP contribution < -0.4 is 12.4 Å². The Kier molecular flexibility index (Phi) is 5.00. The second-order valence-electron chi connectivity index (χ2n) is 4.51. The van der Waals surface area contributed by atoms with Crippen molar-refractivity contribution in [2.45, 2.75) is 33.0 Å². The molecule has 0 atom stereocenters.